The van der Waals surface area contributed by atoms with Crippen LogP contribution in [0.15, 0.2) is 30.9 Å². The summed E-state index contributed by atoms with van der Waals surface area (Å²) in [7, 11) is 0. The zero-order valence-electron chi connectivity index (χ0n) is 9.74. The quantitative estimate of drug-likeness (QED) is 0.466. The van der Waals surface area contributed by atoms with E-state index in [0.717, 1.165) is 0 Å². The predicted octanol–water partition coefficient (Wildman–Crippen LogP) is 1.45. The highest BCUT2D eigenvalue weighted by molar-refractivity contribution is 5.70. The normalized spacial score (nSPS) is 9.56. The zero-order chi connectivity index (χ0) is 13.5. The van der Waals surface area contributed by atoms with Gasteiger partial charge in [0.1, 0.15) is 17.3 Å². The Balaban J connectivity index is 3.33. The maximum absolute atomic E-state index is 11.1. The fourth-order valence-corrected chi connectivity index (χ4v) is 1.66. The molecule has 1 rings (SSSR count). The molecule has 0 aliphatic carbocycles. The molecule has 0 unspecified atom stereocenters. The number of hydrogen-bond donors (Lipinski definition) is 1. The summed E-state index contributed by atoms with van der Waals surface area (Å²) >= 11 is 0. The van der Waals surface area contributed by atoms with Crippen LogP contribution in [0.4, 0.5) is 11.4 Å². The molecular formula is C12H13N3O3. The van der Waals surface area contributed by atoms with Crippen molar-refractivity contribution in [2.75, 3.05) is 24.6 Å². The van der Waals surface area contributed by atoms with E-state index in [2.05, 4.69) is 6.58 Å². The van der Waals surface area contributed by atoms with E-state index in [4.69, 9.17) is 10.4 Å². The van der Waals surface area contributed by atoms with Crippen molar-refractivity contribution in [2.24, 2.45) is 0 Å². The average molecular weight is 247 g/mol. The molecule has 0 amide bonds. The third kappa shape index (κ3) is 2.84. The van der Waals surface area contributed by atoms with Crippen LogP contribution in [0.1, 0.15) is 5.56 Å². The summed E-state index contributed by atoms with van der Waals surface area (Å²) in [5, 5.41) is 28.9. The summed E-state index contributed by atoms with van der Waals surface area (Å²) < 4.78 is 0. The summed E-state index contributed by atoms with van der Waals surface area (Å²) in [5.74, 6) is 0. The van der Waals surface area contributed by atoms with Crippen LogP contribution in [0.3, 0.4) is 0 Å². The van der Waals surface area contributed by atoms with Gasteiger partial charge in [-0.3, -0.25) is 10.1 Å². The Bertz CT molecular complexity index is 494. The Labute approximate surface area is 105 Å². The number of nitrogens with zero attached hydrogens (tertiary/aromatic N) is 3. The molecule has 0 spiro atoms. The van der Waals surface area contributed by atoms with Gasteiger partial charge in [-0.2, -0.15) is 5.26 Å². The van der Waals surface area contributed by atoms with E-state index < -0.39 is 4.92 Å². The molecule has 6 heteroatoms. The molecule has 1 aromatic rings. The first kappa shape index (κ1) is 13.7. The third-order valence-corrected chi connectivity index (χ3v) is 2.38. The highest BCUT2D eigenvalue weighted by Gasteiger charge is 2.22. The van der Waals surface area contributed by atoms with E-state index in [-0.39, 0.29) is 24.4 Å². The number of nitriles is 1. The highest BCUT2D eigenvalue weighted by atomic mass is 16.6. The van der Waals surface area contributed by atoms with Crippen LogP contribution in [-0.4, -0.2) is 29.7 Å². The molecule has 0 saturated carbocycles. The number of para-hydroxylation sites is 1. The molecule has 0 atom stereocenters. The average Bonchev–Trinajstić information content (AvgIpc) is 2.37. The van der Waals surface area contributed by atoms with E-state index in [1.54, 1.807) is 29.2 Å². The predicted molar refractivity (Wildman–Crippen MR) is 67.3 cm³/mol. The Morgan fingerprint density at radius 3 is 2.83 bits per heavy atom. The van der Waals surface area contributed by atoms with Crippen molar-refractivity contribution < 1.29 is 10.0 Å². The van der Waals surface area contributed by atoms with Crippen LogP contribution >= 0.6 is 0 Å². The van der Waals surface area contributed by atoms with Crippen molar-refractivity contribution >= 4 is 11.4 Å². The molecule has 0 aliphatic rings. The number of anilines is 1. The molecule has 94 valence electrons. The van der Waals surface area contributed by atoms with Crippen molar-refractivity contribution in [1.82, 2.24) is 0 Å². The van der Waals surface area contributed by atoms with Gasteiger partial charge in [0.2, 0.25) is 0 Å². The van der Waals surface area contributed by atoms with Crippen molar-refractivity contribution in [3.8, 4) is 6.07 Å². The lowest BCUT2D eigenvalue weighted by Crippen LogP contribution is -2.27. The van der Waals surface area contributed by atoms with Crippen LogP contribution < -0.4 is 4.90 Å². The molecule has 0 bridgehead atoms. The van der Waals surface area contributed by atoms with E-state index in [1.807, 2.05) is 0 Å². The molecule has 0 saturated heterocycles. The maximum Gasteiger partial charge on any atom is 0.310 e. The highest BCUT2D eigenvalue weighted by Crippen LogP contribution is 2.31. The first-order valence-corrected chi connectivity index (χ1v) is 5.30. The molecule has 1 aromatic carbocycles. The summed E-state index contributed by atoms with van der Waals surface area (Å²) in [4.78, 5) is 12.1. The summed E-state index contributed by atoms with van der Waals surface area (Å²) in [6.45, 7) is 4.03. The van der Waals surface area contributed by atoms with Gasteiger partial charge < -0.3 is 10.0 Å². The van der Waals surface area contributed by atoms with Gasteiger partial charge in [-0.1, -0.05) is 12.1 Å². The minimum atomic E-state index is -0.582. The molecular weight excluding hydrogens is 234 g/mol. The molecule has 0 fully saturated rings. The number of hydrogen-bond acceptors (Lipinski definition) is 5. The molecule has 6 nitrogen and oxygen atoms in total. The fraction of sp³-hybridized carbons (Fsp3) is 0.250. The maximum atomic E-state index is 11.1. The topological polar surface area (TPSA) is 90.4 Å². The lowest BCUT2D eigenvalue weighted by molar-refractivity contribution is -0.384. The van der Waals surface area contributed by atoms with Crippen LogP contribution in [0.2, 0.25) is 0 Å². The number of nitro groups is 1. The Morgan fingerprint density at radius 2 is 2.33 bits per heavy atom. The SMILES string of the molecule is C=CCN(CCO)c1cccc(C#N)c1[N+](=O)[O-]. The van der Waals surface area contributed by atoms with Crippen LogP contribution in [0.25, 0.3) is 0 Å². The Hall–Kier alpha value is -2.39. The summed E-state index contributed by atoms with van der Waals surface area (Å²) in [5.41, 5.74) is 0.0767. The van der Waals surface area contributed by atoms with Gasteiger partial charge in [0, 0.05) is 13.1 Å². The zero-order valence-corrected chi connectivity index (χ0v) is 9.74. The molecule has 0 heterocycles. The smallest absolute Gasteiger partial charge is 0.310 e. The molecule has 0 radical (unpaired) electrons. The lowest BCUT2D eigenvalue weighted by Gasteiger charge is -2.22. The Morgan fingerprint density at radius 1 is 1.61 bits per heavy atom. The van der Waals surface area contributed by atoms with Crippen LogP contribution in [-0.2, 0) is 0 Å². The number of nitro benzene ring substituents is 1. The van der Waals surface area contributed by atoms with Gasteiger partial charge in [0.25, 0.3) is 0 Å². The standard InChI is InChI=1S/C12H13N3O3/c1-2-6-14(7-8-16)11-5-3-4-10(9-13)12(11)15(17)18/h2-5,16H,1,6-8H2. The van der Waals surface area contributed by atoms with Gasteiger partial charge in [-0.05, 0) is 12.1 Å². The van der Waals surface area contributed by atoms with Gasteiger partial charge >= 0.3 is 5.69 Å². The van der Waals surface area contributed by atoms with E-state index >= 15 is 0 Å². The minimum Gasteiger partial charge on any atom is -0.395 e. The molecule has 0 aromatic heterocycles. The number of aliphatic hydroxyl groups excluding tert-OH is 1. The molecule has 0 aliphatic heterocycles. The van der Waals surface area contributed by atoms with E-state index in [9.17, 15) is 10.1 Å². The second kappa shape index (κ2) is 6.37. The summed E-state index contributed by atoms with van der Waals surface area (Å²) in [6.07, 6.45) is 1.58. The van der Waals surface area contributed by atoms with E-state index in [1.165, 1.54) is 6.07 Å². The van der Waals surface area contributed by atoms with Gasteiger partial charge in [-0.25, -0.2) is 0 Å². The van der Waals surface area contributed by atoms with Crippen molar-refractivity contribution in [3.05, 3.63) is 46.5 Å². The second-order valence-electron chi connectivity index (χ2n) is 3.50. The molecule has 1 N–H and O–H groups in total. The monoisotopic (exact) mass is 247 g/mol. The number of rotatable bonds is 6. The van der Waals surface area contributed by atoms with Gasteiger partial charge in [0.05, 0.1) is 11.5 Å². The fourth-order valence-electron chi connectivity index (χ4n) is 1.66. The second-order valence-corrected chi connectivity index (χ2v) is 3.50. The van der Waals surface area contributed by atoms with E-state index in [0.29, 0.717) is 12.2 Å². The van der Waals surface area contributed by atoms with Crippen molar-refractivity contribution in [2.45, 2.75) is 0 Å². The first-order valence-electron chi connectivity index (χ1n) is 5.30. The number of benzene rings is 1. The van der Waals surface area contributed by atoms with Gasteiger partial charge in [0.15, 0.2) is 0 Å². The summed E-state index contributed by atoms with van der Waals surface area (Å²) in [6, 6.07) is 6.33. The first-order chi connectivity index (χ1) is 8.65. The van der Waals surface area contributed by atoms with Crippen molar-refractivity contribution in [1.29, 1.82) is 5.26 Å². The Kier molecular flexibility index (Phi) is 4.84. The third-order valence-electron chi connectivity index (χ3n) is 2.38. The lowest BCUT2D eigenvalue weighted by atomic mass is 10.1. The largest absolute Gasteiger partial charge is 0.395 e. The number of aliphatic hydroxyl groups is 1. The minimum absolute atomic E-state index is 0.00417. The molecule has 18 heavy (non-hydrogen) atoms. The van der Waals surface area contributed by atoms with Crippen LogP contribution in [0.5, 0.6) is 0 Å². The van der Waals surface area contributed by atoms with Crippen molar-refractivity contribution in [3.63, 3.8) is 0 Å². The van der Waals surface area contributed by atoms with Gasteiger partial charge in [-0.15, -0.1) is 6.58 Å². The van der Waals surface area contributed by atoms with Crippen LogP contribution in [0, 0.1) is 21.4 Å².